The third-order valence-electron chi connectivity index (χ3n) is 4.58. The highest BCUT2D eigenvalue weighted by atomic mass is 32.2. The van der Waals surface area contributed by atoms with Gasteiger partial charge < -0.3 is 15.2 Å². The van der Waals surface area contributed by atoms with Crippen molar-refractivity contribution in [2.75, 3.05) is 12.4 Å². The molecular weight excluding hydrogens is 422 g/mol. The van der Waals surface area contributed by atoms with E-state index in [1.54, 1.807) is 0 Å². The fourth-order valence-electron chi connectivity index (χ4n) is 3.11. The summed E-state index contributed by atoms with van der Waals surface area (Å²) in [6, 6.07) is -0.946. The summed E-state index contributed by atoms with van der Waals surface area (Å²) in [6.45, 7) is 2.06. The Morgan fingerprint density at radius 1 is 1.47 bits per heavy atom. The number of ether oxygens (including phenoxy) is 1. The molecule has 3 rings (SSSR count). The molecule has 2 amide bonds. The zero-order valence-electron chi connectivity index (χ0n) is 15.9. The minimum Gasteiger partial charge on any atom is -0.477 e. The van der Waals surface area contributed by atoms with Crippen molar-refractivity contribution in [3.05, 3.63) is 33.3 Å². The Labute approximate surface area is 173 Å². The van der Waals surface area contributed by atoms with E-state index in [4.69, 9.17) is 4.74 Å². The van der Waals surface area contributed by atoms with Crippen molar-refractivity contribution in [1.82, 2.24) is 20.0 Å². The van der Waals surface area contributed by atoms with Crippen molar-refractivity contribution in [3.8, 4) is 0 Å². The van der Waals surface area contributed by atoms with Gasteiger partial charge in [0, 0.05) is 18.2 Å². The lowest BCUT2D eigenvalue weighted by molar-refractivity contribution is -0.385. The van der Waals surface area contributed by atoms with Gasteiger partial charge in [-0.2, -0.15) is 5.10 Å². The lowest BCUT2D eigenvalue weighted by Crippen LogP contribution is -2.70. The van der Waals surface area contributed by atoms with E-state index in [0.717, 1.165) is 15.8 Å². The summed E-state index contributed by atoms with van der Waals surface area (Å²) in [4.78, 5) is 58.8. The fraction of sp³-hybridized carbons (Fsp3) is 0.438. The Bertz CT molecular complexity index is 986. The number of amides is 2. The molecule has 13 nitrogen and oxygen atoms in total. The number of esters is 1. The maximum atomic E-state index is 12.5. The number of hydrogen-bond acceptors (Lipinski definition) is 9. The molecule has 2 atom stereocenters. The molecule has 0 saturated carbocycles. The molecule has 1 aromatic heterocycles. The molecule has 30 heavy (non-hydrogen) atoms. The summed E-state index contributed by atoms with van der Waals surface area (Å²) in [7, 11) is 0. The summed E-state index contributed by atoms with van der Waals surface area (Å²) in [5.41, 5.74) is -0.00589. The summed E-state index contributed by atoms with van der Waals surface area (Å²) < 4.78 is 5.99. The minimum absolute atomic E-state index is 0.190. The van der Waals surface area contributed by atoms with Crippen molar-refractivity contribution in [2.45, 2.75) is 31.8 Å². The Morgan fingerprint density at radius 2 is 2.17 bits per heavy atom. The van der Waals surface area contributed by atoms with Crippen LogP contribution in [0.5, 0.6) is 0 Å². The second-order valence-corrected chi connectivity index (χ2v) is 7.63. The standard InChI is InChI=1S/C16H17N5O8S/c1-7-10(21(27)28)3-17-19(7)4-11(23)18-12-14(24)20-13(16(25)26)9(5-29-8(2)22)6-30-15(12)20/h3,12,15H,4-6H2,1-2H3,(H,18,23)(H,25,26)/t12-,15+/m1/s1. The molecule has 2 aliphatic heterocycles. The maximum Gasteiger partial charge on any atom is 0.352 e. The molecule has 1 aromatic rings. The first-order valence-corrected chi connectivity index (χ1v) is 9.66. The van der Waals surface area contributed by atoms with Crippen molar-refractivity contribution in [1.29, 1.82) is 0 Å². The number of β-lactam (4-membered cyclic amide) rings is 1. The SMILES string of the molecule is CC(=O)OCC1=C(C(=O)O)N2C(=O)[C@@H](NC(=O)Cn3ncc([N+](=O)[O-])c3C)[C@@H]2SC1. The van der Waals surface area contributed by atoms with Crippen molar-refractivity contribution in [2.24, 2.45) is 0 Å². The lowest BCUT2D eigenvalue weighted by Gasteiger charge is -2.49. The Hall–Kier alpha value is -3.42. The number of carbonyl (C=O) groups excluding carboxylic acids is 3. The molecule has 2 N–H and O–H groups in total. The summed E-state index contributed by atoms with van der Waals surface area (Å²) in [6.07, 6.45) is 1.03. The predicted octanol–water partition coefficient (Wildman–Crippen LogP) is -0.599. The molecule has 160 valence electrons. The Balaban J connectivity index is 1.69. The lowest BCUT2D eigenvalue weighted by atomic mass is 10.0. The number of hydrogen-bond donors (Lipinski definition) is 2. The minimum atomic E-state index is -1.33. The van der Waals surface area contributed by atoms with Crippen LogP contribution in [0.1, 0.15) is 12.6 Å². The number of fused-ring (bicyclic) bond motifs is 1. The molecule has 0 unspecified atom stereocenters. The van der Waals surface area contributed by atoms with Crippen LogP contribution in [-0.2, 0) is 30.5 Å². The predicted molar refractivity (Wildman–Crippen MR) is 99.9 cm³/mol. The third kappa shape index (κ3) is 3.85. The number of carboxylic acid groups (broad SMARTS) is 1. The van der Waals surface area contributed by atoms with Crippen molar-refractivity contribution < 1.29 is 33.9 Å². The zero-order chi connectivity index (χ0) is 22.2. The first-order chi connectivity index (χ1) is 14.1. The van der Waals surface area contributed by atoms with Gasteiger partial charge in [0.15, 0.2) is 0 Å². The highest BCUT2D eigenvalue weighted by molar-refractivity contribution is 8.00. The zero-order valence-corrected chi connectivity index (χ0v) is 16.7. The molecule has 0 aliphatic carbocycles. The highest BCUT2D eigenvalue weighted by Gasteiger charge is 2.54. The van der Waals surface area contributed by atoms with Gasteiger partial charge in [-0.1, -0.05) is 0 Å². The number of carboxylic acids is 1. The highest BCUT2D eigenvalue weighted by Crippen LogP contribution is 2.40. The van der Waals surface area contributed by atoms with Gasteiger partial charge in [-0.15, -0.1) is 11.8 Å². The van der Waals surface area contributed by atoms with E-state index >= 15 is 0 Å². The van der Waals surface area contributed by atoms with E-state index in [2.05, 4.69) is 10.4 Å². The van der Waals surface area contributed by atoms with Crippen LogP contribution in [-0.4, -0.2) is 72.2 Å². The number of nitro groups is 1. The number of rotatable bonds is 7. The molecular formula is C16H17N5O8S. The molecule has 14 heteroatoms. The molecule has 1 saturated heterocycles. The number of thioether (sulfide) groups is 1. The monoisotopic (exact) mass is 439 g/mol. The summed E-state index contributed by atoms with van der Waals surface area (Å²) in [5, 5.41) is 26.1. The van der Waals surface area contributed by atoms with Gasteiger partial charge in [-0.25, -0.2) is 4.79 Å². The van der Waals surface area contributed by atoms with Crippen LogP contribution < -0.4 is 5.32 Å². The van der Waals surface area contributed by atoms with Gasteiger partial charge in [0.05, 0.1) is 4.92 Å². The largest absolute Gasteiger partial charge is 0.477 e. The van der Waals surface area contributed by atoms with Crippen LogP contribution in [0.4, 0.5) is 5.69 Å². The van der Waals surface area contributed by atoms with Gasteiger partial charge in [0.2, 0.25) is 5.91 Å². The van der Waals surface area contributed by atoms with E-state index in [1.165, 1.54) is 25.6 Å². The van der Waals surface area contributed by atoms with E-state index in [1.807, 2.05) is 0 Å². The smallest absolute Gasteiger partial charge is 0.352 e. The summed E-state index contributed by atoms with van der Waals surface area (Å²) in [5.74, 6) is -2.91. The third-order valence-corrected chi connectivity index (χ3v) is 5.92. The second-order valence-electron chi connectivity index (χ2n) is 6.52. The maximum absolute atomic E-state index is 12.5. The molecule has 0 radical (unpaired) electrons. The van der Waals surface area contributed by atoms with Crippen LogP contribution in [0.3, 0.4) is 0 Å². The first kappa shape index (κ1) is 21.3. The molecule has 3 heterocycles. The van der Waals surface area contributed by atoms with Crippen LogP contribution >= 0.6 is 11.8 Å². The molecule has 1 fully saturated rings. The molecule has 0 spiro atoms. The number of aromatic nitrogens is 2. The van der Waals surface area contributed by atoms with Gasteiger partial charge in [0.1, 0.15) is 42.2 Å². The topological polar surface area (TPSA) is 174 Å². The van der Waals surface area contributed by atoms with Crippen LogP contribution in [0, 0.1) is 17.0 Å². The Kier molecular flexibility index (Phi) is 5.78. The molecule has 2 aliphatic rings. The van der Waals surface area contributed by atoms with E-state index in [-0.39, 0.29) is 41.6 Å². The molecule has 0 aromatic carbocycles. The van der Waals surface area contributed by atoms with Gasteiger partial charge >= 0.3 is 17.6 Å². The van der Waals surface area contributed by atoms with Gasteiger partial charge in [-0.05, 0) is 6.92 Å². The van der Waals surface area contributed by atoms with Crippen LogP contribution in [0.25, 0.3) is 0 Å². The van der Waals surface area contributed by atoms with Gasteiger partial charge in [0.25, 0.3) is 5.91 Å². The average Bonchev–Trinajstić information content (AvgIpc) is 3.03. The fourth-order valence-corrected chi connectivity index (χ4v) is 4.44. The van der Waals surface area contributed by atoms with Gasteiger partial charge in [-0.3, -0.25) is 34.1 Å². The van der Waals surface area contributed by atoms with Crippen molar-refractivity contribution >= 4 is 41.2 Å². The Morgan fingerprint density at radius 3 is 2.73 bits per heavy atom. The first-order valence-electron chi connectivity index (χ1n) is 8.61. The van der Waals surface area contributed by atoms with E-state index in [9.17, 15) is 34.4 Å². The number of nitrogens with zero attached hydrogens (tertiary/aromatic N) is 4. The second kappa shape index (κ2) is 8.14. The number of aliphatic carboxylic acids is 1. The number of carbonyl (C=O) groups is 4. The normalized spacial score (nSPS) is 20.3. The van der Waals surface area contributed by atoms with Crippen LogP contribution in [0.2, 0.25) is 0 Å². The molecule has 0 bridgehead atoms. The van der Waals surface area contributed by atoms with E-state index in [0.29, 0.717) is 0 Å². The van der Waals surface area contributed by atoms with Crippen LogP contribution in [0.15, 0.2) is 17.5 Å². The van der Waals surface area contributed by atoms with Crippen molar-refractivity contribution in [3.63, 3.8) is 0 Å². The van der Waals surface area contributed by atoms with E-state index < -0.39 is 40.1 Å². The summed E-state index contributed by atoms with van der Waals surface area (Å²) >= 11 is 1.23. The number of nitrogens with one attached hydrogen (secondary N) is 1. The quantitative estimate of drug-likeness (QED) is 0.242. The average molecular weight is 439 g/mol.